The number of carbonyl (C=O) groups is 1. The molecule has 2 heterocycles. The number of anilines is 1. The third-order valence-corrected chi connectivity index (χ3v) is 4.87. The molecular formula is C16H13F3N4OS. The zero-order valence-electron chi connectivity index (χ0n) is 13.0. The number of hydrogen-bond acceptors (Lipinski definition) is 5. The first-order valence-electron chi connectivity index (χ1n) is 7.46. The lowest BCUT2D eigenvalue weighted by atomic mass is 10.1. The van der Waals surface area contributed by atoms with Crippen molar-refractivity contribution in [1.82, 2.24) is 9.88 Å². The summed E-state index contributed by atoms with van der Waals surface area (Å²) in [6.07, 6.45) is -3.08. The van der Waals surface area contributed by atoms with Crippen LogP contribution in [0, 0.1) is 11.3 Å². The van der Waals surface area contributed by atoms with E-state index in [1.807, 2.05) is 11.0 Å². The number of benzene rings is 1. The van der Waals surface area contributed by atoms with Crippen LogP contribution in [0.3, 0.4) is 0 Å². The average Bonchev–Trinajstić information content (AvgIpc) is 3.10. The van der Waals surface area contributed by atoms with Crippen molar-refractivity contribution in [3.63, 3.8) is 0 Å². The first kappa shape index (κ1) is 17.2. The van der Waals surface area contributed by atoms with Crippen molar-refractivity contribution in [3.8, 4) is 6.07 Å². The molecule has 1 amide bonds. The van der Waals surface area contributed by atoms with Crippen LogP contribution in [0.4, 0.5) is 18.3 Å². The number of nitrogens with zero attached hydrogens (tertiary/aromatic N) is 4. The number of rotatable bonds is 2. The molecule has 1 aromatic carbocycles. The van der Waals surface area contributed by atoms with Gasteiger partial charge in [0.15, 0.2) is 5.13 Å². The van der Waals surface area contributed by atoms with Crippen LogP contribution in [-0.2, 0) is 6.18 Å². The number of nitriles is 1. The molecule has 3 rings (SSSR count). The molecule has 1 fully saturated rings. The molecule has 1 aliphatic heterocycles. The van der Waals surface area contributed by atoms with Crippen molar-refractivity contribution in [1.29, 1.82) is 5.26 Å². The van der Waals surface area contributed by atoms with E-state index in [1.54, 1.807) is 0 Å². The Morgan fingerprint density at radius 1 is 1.20 bits per heavy atom. The van der Waals surface area contributed by atoms with E-state index in [-0.39, 0.29) is 5.56 Å². The van der Waals surface area contributed by atoms with Crippen molar-refractivity contribution in [2.75, 3.05) is 31.1 Å². The van der Waals surface area contributed by atoms with Crippen molar-refractivity contribution >= 4 is 22.4 Å². The highest BCUT2D eigenvalue weighted by atomic mass is 32.1. The van der Waals surface area contributed by atoms with Gasteiger partial charge in [-0.15, -0.1) is 0 Å². The van der Waals surface area contributed by atoms with Crippen LogP contribution in [0.25, 0.3) is 0 Å². The number of halogens is 3. The largest absolute Gasteiger partial charge is 0.417 e. The van der Waals surface area contributed by atoms with Gasteiger partial charge in [-0.2, -0.15) is 18.4 Å². The Morgan fingerprint density at radius 2 is 1.88 bits per heavy atom. The molecule has 1 saturated heterocycles. The maximum absolute atomic E-state index is 13.1. The Balaban J connectivity index is 1.71. The number of carbonyl (C=O) groups excluding carboxylic acids is 1. The average molecular weight is 366 g/mol. The zero-order valence-corrected chi connectivity index (χ0v) is 13.8. The third-order valence-electron chi connectivity index (χ3n) is 3.90. The van der Waals surface area contributed by atoms with Crippen molar-refractivity contribution < 1.29 is 18.0 Å². The van der Waals surface area contributed by atoms with Crippen LogP contribution in [0.1, 0.15) is 20.8 Å². The summed E-state index contributed by atoms with van der Waals surface area (Å²) in [4.78, 5) is 20.5. The fourth-order valence-electron chi connectivity index (χ4n) is 2.65. The molecule has 0 saturated carbocycles. The molecular weight excluding hydrogens is 353 g/mol. The molecule has 0 radical (unpaired) electrons. The molecule has 0 aliphatic carbocycles. The summed E-state index contributed by atoms with van der Waals surface area (Å²) in [7, 11) is 0. The lowest BCUT2D eigenvalue weighted by Crippen LogP contribution is -2.49. The van der Waals surface area contributed by atoms with E-state index in [1.165, 1.54) is 40.6 Å². The van der Waals surface area contributed by atoms with E-state index in [0.717, 1.165) is 6.07 Å². The molecule has 9 heteroatoms. The Hall–Kier alpha value is -2.60. The van der Waals surface area contributed by atoms with Gasteiger partial charge in [0, 0.05) is 26.2 Å². The lowest BCUT2D eigenvalue weighted by Gasteiger charge is -2.35. The van der Waals surface area contributed by atoms with Crippen LogP contribution >= 0.6 is 11.3 Å². The van der Waals surface area contributed by atoms with E-state index in [9.17, 15) is 18.0 Å². The minimum Gasteiger partial charge on any atom is -0.345 e. The topological polar surface area (TPSA) is 60.2 Å². The van der Waals surface area contributed by atoms with Gasteiger partial charge in [0.05, 0.1) is 17.3 Å². The van der Waals surface area contributed by atoms with Crippen LogP contribution in [0.5, 0.6) is 0 Å². The Morgan fingerprint density at radius 3 is 2.48 bits per heavy atom. The second-order valence-electron chi connectivity index (χ2n) is 5.44. The maximum Gasteiger partial charge on any atom is 0.417 e. The normalized spacial score (nSPS) is 15.1. The van der Waals surface area contributed by atoms with E-state index >= 15 is 0 Å². The fraction of sp³-hybridized carbons (Fsp3) is 0.312. The van der Waals surface area contributed by atoms with Crippen LogP contribution in [0.2, 0.25) is 0 Å². The van der Waals surface area contributed by atoms with Gasteiger partial charge in [-0.3, -0.25) is 4.79 Å². The second kappa shape index (κ2) is 6.72. The predicted octanol–water partition coefficient (Wildman–Crippen LogP) is 3.00. The van der Waals surface area contributed by atoms with Crippen LogP contribution in [-0.4, -0.2) is 42.0 Å². The maximum atomic E-state index is 13.1. The van der Waals surface area contributed by atoms with E-state index in [0.29, 0.717) is 36.2 Å². The number of hydrogen-bond donors (Lipinski definition) is 0. The van der Waals surface area contributed by atoms with Crippen molar-refractivity contribution in [2.24, 2.45) is 0 Å². The van der Waals surface area contributed by atoms with E-state index < -0.39 is 17.6 Å². The number of amides is 1. The van der Waals surface area contributed by atoms with Crippen LogP contribution < -0.4 is 4.90 Å². The number of aromatic nitrogens is 1. The van der Waals surface area contributed by atoms with Crippen molar-refractivity contribution in [2.45, 2.75) is 6.18 Å². The smallest absolute Gasteiger partial charge is 0.345 e. The first-order valence-corrected chi connectivity index (χ1v) is 8.28. The van der Waals surface area contributed by atoms with Gasteiger partial charge in [0.1, 0.15) is 10.9 Å². The molecule has 0 spiro atoms. The molecule has 130 valence electrons. The summed E-state index contributed by atoms with van der Waals surface area (Å²) in [5, 5.41) is 9.52. The molecule has 1 aromatic heterocycles. The third kappa shape index (κ3) is 3.58. The highest BCUT2D eigenvalue weighted by Crippen LogP contribution is 2.32. The molecule has 0 unspecified atom stereocenters. The Kier molecular flexibility index (Phi) is 4.63. The molecule has 25 heavy (non-hydrogen) atoms. The Bertz CT molecular complexity index is 819. The number of thiazole rings is 1. The van der Waals surface area contributed by atoms with Gasteiger partial charge in [0.2, 0.25) is 0 Å². The predicted molar refractivity (Wildman–Crippen MR) is 86.4 cm³/mol. The standard InChI is InChI=1S/C16H13F3N4OS/c17-16(18,19)13-4-2-1-3-12(13)14(24)22-5-7-23(8-6-22)15-21-10-11(9-20)25-15/h1-4,10H,5-8H2. The van der Waals surface area contributed by atoms with E-state index in [2.05, 4.69) is 4.98 Å². The van der Waals surface area contributed by atoms with Gasteiger partial charge in [-0.1, -0.05) is 23.5 Å². The van der Waals surface area contributed by atoms with Gasteiger partial charge in [-0.05, 0) is 12.1 Å². The number of alkyl halides is 3. The molecule has 0 N–H and O–H groups in total. The summed E-state index contributed by atoms with van der Waals surface area (Å²) in [6, 6.07) is 6.84. The van der Waals surface area contributed by atoms with Gasteiger partial charge < -0.3 is 9.80 Å². The lowest BCUT2D eigenvalue weighted by molar-refractivity contribution is -0.138. The minimum atomic E-state index is -4.57. The molecule has 2 aromatic rings. The Labute approximate surface area is 145 Å². The zero-order chi connectivity index (χ0) is 18.0. The quantitative estimate of drug-likeness (QED) is 0.820. The summed E-state index contributed by atoms with van der Waals surface area (Å²) >= 11 is 1.25. The molecule has 0 bridgehead atoms. The summed E-state index contributed by atoms with van der Waals surface area (Å²) in [6.45, 7) is 1.51. The highest BCUT2D eigenvalue weighted by molar-refractivity contribution is 7.16. The van der Waals surface area contributed by atoms with Gasteiger partial charge in [-0.25, -0.2) is 4.98 Å². The minimum absolute atomic E-state index is 0.298. The summed E-state index contributed by atoms with van der Waals surface area (Å²) in [5.74, 6) is -0.621. The van der Waals surface area contributed by atoms with Gasteiger partial charge >= 0.3 is 6.18 Å². The molecule has 5 nitrogen and oxygen atoms in total. The second-order valence-corrected chi connectivity index (χ2v) is 6.45. The molecule has 1 aliphatic rings. The summed E-state index contributed by atoms with van der Waals surface area (Å²) < 4.78 is 39.2. The number of piperazine rings is 1. The monoisotopic (exact) mass is 366 g/mol. The SMILES string of the molecule is N#Cc1cnc(N2CCN(C(=O)c3ccccc3C(F)(F)F)CC2)s1. The van der Waals surface area contributed by atoms with E-state index in [4.69, 9.17) is 5.26 Å². The first-order chi connectivity index (χ1) is 11.9. The summed E-state index contributed by atoms with van der Waals surface area (Å²) in [5.41, 5.74) is -1.24. The van der Waals surface area contributed by atoms with Gasteiger partial charge in [0.25, 0.3) is 5.91 Å². The highest BCUT2D eigenvalue weighted by Gasteiger charge is 2.36. The molecule has 0 atom stereocenters. The van der Waals surface area contributed by atoms with Crippen LogP contribution in [0.15, 0.2) is 30.5 Å². The fourth-order valence-corrected chi connectivity index (χ4v) is 3.42. The van der Waals surface area contributed by atoms with Crippen molar-refractivity contribution in [3.05, 3.63) is 46.5 Å².